The van der Waals surface area contributed by atoms with Gasteiger partial charge in [0.1, 0.15) is 6.10 Å². The molecular weight excluding hydrogens is 218 g/mol. The third-order valence-electron chi connectivity index (χ3n) is 3.78. The van der Waals surface area contributed by atoms with Crippen LogP contribution in [0.1, 0.15) is 35.2 Å². The lowest BCUT2D eigenvalue weighted by atomic mass is 9.94. The van der Waals surface area contributed by atoms with Crippen molar-refractivity contribution in [1.82, 2.24) is 4.90 Å². The summed E-state index contributed by atoms with van der Waals surface area (Å²) in [5.74, 6) is -0.177. The van der Waals surface area contributed by atoms with Crippen LogP contribution in [0.3, 0.4) is 0 Å². The normalized spacial score (nSPS) is 32.0. The van der Waals surface area contributed by atoms with Gasteiger partial charge in [-0.3, -0.25) is 4.79 Å². The second kappa shape index (κ2) is 3.55. The highest BCUT2D eigenvalue weighted by atomic mass is 16.4. The molecule has 1 aromatic carbocycles. The van der Waals surface area contributed by atoms with Gasteiger partial charge in [-0.05, 0) is 25.3 Å². The third kappa shape index (κ3) is 1.28. The van der Waals surface area contributed by atoms with E-state index in [4.69, 9.17) is 0 Å². The lowest BCUT2D eigenvalue weighted by molar-refractivity contribution is -0.157. The first kappa shape index (κ1) is 10.7. The zero-order valence-corrected chi connectivity index (χ0v) is 9.47. The number of carbonyl (C=O) groups excluding carboxylic acids is 1. The summed E-state index contributed by atoms with van der Waals surface area (Å²) < 4.78 is 0. The van der Waals surface area contributed by atoms with Crippen molar-refractivity contribution in [3.8, 4) is 0 Å². The number of carbonyl (C=O) groups is 1. The van der Waals surface area contributed by atoms with E-state index in [0.29, 0.717) is 24.1 Å². The van der Waals surface area contributed by atoms with Crippen LogP contribution < -0.4 is 0 Å². The molecule has 1 fully saturated rings. The lowest BCUT2D eigenvalue weighted by Crippen LogP contribution is -2.51. The van der Waals surface area contributed by atoms with Gasteiger partial charge in [-0.25, -0.2) is 0 Å². The molecule has 2 N–H and O–H groups in total. The summed E-state index contributed by atoms with van der Waals surface area (Å²) in [4.78, 5) is 13.6. The fourth-order valence-corrected chi connectivity index (χ4v) is 2.88. The number of amides is 1. The zero-order chi connectivity index (χ0) is 12.0. The molecule has 2 aliphatic heterocycles. The fraction of sp³-hybridized carbons (Fsp3) is 0.462. The van der Waals surface area contributed by atoms with Crippen molar-refractivity contribution in [2.45, 2.75) is 31.1 Å². The Labute approximate surface area is 99.5 Å². The maximum Gasteiger partial charge on any atom is 0.256 e. The van der Waals surface area contributed by atoms with Gasteiger partial charge >= 0.3 is 0 Å². The summed E-state index contributed by atoms with van der Waals surface area (Å²) in [5.41, 5.74) is -0.472. The Hall–Kier alpha value is -1.39. The standard InChI is InChI=1S/C13H15NO3/c15-11-7-3-4-8-14-12(16)9-5-1-2-6-10(9)13(11,14)17/h1-2,5-6,11,15,17H,3-4,7-8H2. The van der Waals surface area contributed by atoms with Crippen molar-refractivity contribution in [3.05, 3.63) is 35.4 Å². The van der Waals surface area contributed by atoms with E-state index in [1.807, 2.05) is 0 Å². The molecule has 4 heteroatoms. The Morgan fingerprint density at radius 2 is 2.06 bits per heavy atom. The van der Waals surface area contributed by atoms with Crippen LogP contribution in [0.5, 0.6) is 0 Å². The van der Waals surface area contributed by atoms with E-state index in [1.54, 1.807) is 24.3 Å². The second-order valence-corrected chi connectivity index (χ2v) is 4.74. The molecule has 1 aromatic rings. The highest BCUT2D eigenvalue weighted by molar-refractivity contribution is 5.99. The van der Waals surface area contributed by atoms with Crippen LogP contribution in [0.15, 0.2) is 24.3 Å². The average molecular weight is 233 g/mol. The Morgan fingerprint density at radius 1 is 1.29 bits per heavy atom. The molecule has 1 saturated heterocycles. The Balaban J connectivity index is 2.19. The highest BCUT2D eigenvalue weighted by Gasteiger charge is 2.53. The van der Waals surface area contributed by atoms with Crippen LogP contribution in [0, 0.1) is 0 Å². The third-order valence-corrected chi connectivity index (χ3v) is 3.78. The molecule has 2 aliphatic rings. The number of hydrogen-bond donors (Lipinski definition) is 2. The molecule has 0 radical (unpaired) electrons. The van der Waals surface area contributed by atoms with Crippen molar-refractivity contribution in [2.24, 2.45) is 0 Å². The van der Waals surface area contributed by atoms with Crippen molar-refractivity contribution >= 4 is 5.91 Å². The fourth-order valence-electron chi connectivity index (χ4n) is 2.88. The Morgan fingerprint density at radius 3 is 2.88 bits per heavy atom. The topological polar surface area (TPSA) is 60.8 Å². The summed E-state index contributed by atoms with van der Waals surface area (Å²) in [6, 6.07) is 6.99. The second-order valence-electron chi connectivity index (χ2n) is 4.74. The number of benzene rings is 1. The molecule has 2 atom stereocenters. The molecule has 90 valence electrons. The summed E-state index contributed by atoms with van der Waals surface area (Å²) in [6.07, 6.45) is 1.26. The summed E-state index contributed by atoms with van der Waals surface area (Å²) in [5, 5.41) is 20.9. The van der Waals surface area contributed by atoms with E-state index in [-0.39, 0.29) is 5.91 Å². The molecular formula is C13H15NO3. The van der Waals surface area contributed by atoms with Crippen LogP contribution in [0.25, 0.3) is 0 Å². The van der Waals surface area contributed by atoms with E-state index in [1.165, 1.54) is 4.90 Å². The smallest absolute Gasteiger partial charge is 0.256 e. The largest absolute Gasteiger partial charge is 0.388 e. The molecule has 0 saturated carbocycles. The first-order valence-electron chi connectivity index (χ1n) is 5.97. The Bertz CT molecular complexity index is 473. The van der Waals surface area contributed by atoms with Crippen LogP contribution in [0.2, 0.25) is 0 Å². The maximum atomic E-state index is 12.2. The minimum atomic E-state index is -1.52. The maximum absolute atomic E-state index is 12.2. The van der Waals surface area contributed by atoms with Crippen molar-refractivity contribution in [2.75, 3.05) is 6.54 Å². The van der Waals surface area contributed by atoms with Gasteiger partial charge in [-0.1, -0.05) is 18.2 Å². The van der Waals surface area contributed by atoms with Crippen LogP contribution in [-0.2, 0) is 5.72 Å². The molecule has 2 heterocycles. The molecule has 1 amide bonds. The van der Waals surface area contributed by atoms with E-state index in [9.17, 15) is 15.0 Å². The van der Waals surface area contributed by atoms with Gasteiger partial charge < -0.3 is 15.1 Å². The number of nitrogens with zero attached hydrogens (tertiary/aromatic N) is 1. The van der Waals surface area contributed by atoms with Crippen LogP contribution in [-0.4, -0.2) is 33.7 Å². The number of aliphatic hydroxyl groups excluding tert-OH is 1. The van der Waals surface area contributed by atoms with Crippen LogP contribution in [0.4, 0.5) is 0 Å². The van der Waals surface area contributed by atoms with E-state index in [2.05, 4.69) is 0 Å². The monoisotopic (exact) mass is 233 g/mol. The van der Waals surface area contributed by atoms with Gasteiger partial charge in [0.05, 0.1) is 0 Å². The molecule has 2 unspecified atom stereocenters. The SMILES string of the molecule is O=C1c2ccccc2C2(O)C(O)CCCCN12. The van der Waals surface area contributed by atoms with Gasteiger partial charge in [0.15, 0.2) is 5.72 Å². The molecule has 0 spiro atoms. The van der Waals surface area contributed by atoms with E-state index >= 15 is 0 Å². The summed E-state index contributed by atoms with van der Waals surface area (Å²) >= 11 is 0. The number of fused-ring (bicyclic) bond motifs is 3. The average Bonchev–Trinajstić information content (AvgIpc) is 2.47. The number of rotatable bonds is 0. The first-order valence-corrected chi connectivity index (χ1v) is 5.97. The van der Waals surface area contributed by atoms with Gasteiger partial charge in [-0.2, -0.15) is 0 Å². The van der Waals surface area contributed by atoms with Gasteiger partial charge in [0.2, 0.25) is 0 Å². The number of hydrogen-bond acceptors (Lipinski definition) is 3. The molecule has 0 aromatic heterocycles. The Kier molecular flexibility index (Phi) is 2.24. The number of aliphatic hydroxyl groups is 2. The van der Waals surface area contributed by atoms with Gasteiger partial charge in [0.25, 0.3) is 5.91 Å². The molecule has 17 heavy (non-hydrogen) atoms. The highest BCUT2D eigenvalue weighted by Crippen LogP contribution is 2.42. The quantitative estimate of drug-likeness (QED) is 0.698. The van der Waals surface area contributed by atoms with Gasteiger partial charge in [-0.15, -0.1) is 0 Å². The van der Waals surface area contributed by atoms with Crippen LogP contribution >= 0.6 is 0 Å². The minimum Gasteiger partial charge on any atom is -0.388 e. The lowest BCUT2D eigenvalue weighted by Gasteiger charge is -2.35. The zero-order valence-electron chi connectivity index (χ0n) is 9.47. The molecule has 0 aliphatic carbocycles. The molecule has 0 bridgehead atoms. The first-order chi connectivity index (χ1) is 8.15. The summed E-state index contributed by atoms with van der Waals surface area (Å²) in [7, 11) is 0. The van der Waals surface area contributed by atoms with Crippen molar-refractivity contribution in [1.29, 1.82) is 0 Å². The minimum absolute atomic E-state index is 0.177. The summed E-state index contributed by atoms with van der Waals surface area (Å²) in [6.45, 7) is 0.501. The van der Waals surface area contributed by atoms with E-state index in [0.717, 1.165) is 12.8 Å². The van der Waals surface area contributed by atoms with Gasteiger partial charge in [0, 0.05) is 17.7 Å². The molecule has 4 nitrogen and oxygen atoms in total. The predicted molar refractivity (Wildman–Crippen MR) is 61.2 cm³/mol. The van der Waals surface area contributed by atoms with Crippen molar-refractivity contribution in [3.63, 3.8) is 0 Å². The predicted octanol–water partition coefficient (Wildman–Crippen LogP) is 0.832. The molecule has 3 rings (SSSR count). The van der Waals surface area contributed by atoms with Crippen molar-refractivity contribution < 1.29 is 15.0 Å². The van der Waals surface area contributed by atoms with E-state index < -0.39 is 11.8 Å².